The van der Waals surface area contributed by atoms with Gasteiger partial charge >= 0.3 is 0 Å². The van der Waals surface area contributed by atoms with E-state index in [4.69, 9.17) is 0 Å². The van der Waals surface area contributed by atoms with Crippen LogP contribution in [0.3, 0.4) is 0 Å². The predicted molar refractivity (Wildman–Crippen MR) is 63.6 cm³/mol. The predicted octanol–water partition coefficient (Wildman–Crippen LogP) is 3.74. The summed E-state index contributed by atoms with van der Waals surface area (Å²) in [6.45, 7) is 7.91. The number of hydrogen-bond donors (Lipinski definition) is 1. The summed E-state index contributed by atoms with van der Waals surface area (Å²) >= 11 is 0. The molecule has 0 heterocycles. The van der Waals surface area contributed by atoms with Gasteiger partial charge in [0, 0.05) is 5.54 Å². The van der Waals surface area contributed by atoms with Crippen LogP contribution in [-0.2, 0) is 0 Å². The molecule has 0 amide bonds. The first-order valence-corrected chi connectivity index (χ1v) is 6.33. The molecule has 1 heteroatoms. The molecular formula is C13H27N. The molecule has 0 atom stereocenters. The summed E-state index contributed by atoms with van der Waals surface area (Å²) in [6, 6.07) is 0. The maximum atomic E-state index is 3.55. The lowest BCUT2D eigenvalue weighted by molar-refractivity contribution is 0.403. The van der Waals surface area contributed by atoms with Gasteiger partial charge in [-0.05, 0) is 39.7 Å². The zero-order chi connectivity index (χ0) is 10.4. The third kappa shape index (κ3) is 5.64. The van der Waals surface area contributed by atoms with Crippen LogP contribution in [-0.4, -0.2) is 12.1 Å². The third-order valence-electron chi connectivity index (χ3n) is 3.17. The molecule has 0 aromatic rings. The number of nitrogens with one attached hydrogen (secondary N) is 1. The van der Waals surface area contributed by atoms with Crippen LogP contribution in [0.15, 0.2) is 0 Å². The van der Waals surface area contributed by atoms with E-state index in [9.17, 15) is 0 Å². The summed E-state index contributed by atoms with van der Waals surface area (Å²) in [5, 5.41) is 3.55. The molecule has 1 fully saturated rings. The fraction of sp³-hybridized carbons (Fsp3) is 1.00. The smallest absolute Gasteiger partial charge is 0.00965 e. The number of hydrogen-bond acceptors (Lipinski definition) is 1. The molecule has 0 aromatic carbocycles. The zero-order valence-corrected chi connectivity index (χ0v) is 10.2. The van der Waals surface area contributed by atoms with Crippen molar-refractivity contribution in [2.24, 2.45) is 5.92 Å². The monoisotopic (exact) mass is 197 g/mol. The van der Waals surface area contributed by atoms with Crippen molar-refractivity contribution in [3.8, 4) is 0 Å². The molecule has 0 spiro atoms. The lowest BCUT2D eigenvalue weighted by Crippen LogP contribution is -2.36. The maximum Gasteiger partial charge on any atom is 0.00965 e. The molecule has 84 valence electrons. The van der Waals surface area contributed by atoms with Gasteiger partial charge in [-0.2, -0.15) is 0 Å². The van der Waals surface area contributed by atoms with E-state index >= 15 is 0 Å². The Labute approximate surface area is 89.7 Å². The van der Waals surface area contributed by atoms with Crippen molar-refractivity contribution in [2.75, 3.05) is 6.54 Å². The fourth-order valence-electron chi connectivity index (χ4n) is 2.32. The molecule has 1 aliphatic carbocycles. The highest BCUT2D eigenvalue weighted by Gasteiger charge is 2.14. The van der Waals surface area contributed by atoms with Gasteiger partial charge < -0.3 is 5.32 Å². The SMILES string of the molecule is CC(C)(C)NCCCCC1CCCC1. The summed E-state index contributed by atoms with van der Waals surface area (Å²) < 4.78 is 0. The first kappa shape index (κ1) is 12.0. The van der Waals surface area contributed by atoms with Crippen LogP contribution in [0.1, 0.15) is 65.7 Å². The minimum Gasteiger partial charge on any atom is -0.312 e. The maximum absolute atomic E-state index is 3.55. The van der Waals surface area contributed by atoms with E-state index < -0.39 is 0 Å². The van der Waals surface area contributed by atoms with Crippen molar-refractivity contribution >= 4 is 0 Å². The van der Waals surface area contributed by atoms with Crippen molar-refractivity contribution in [3.63, 3.8) is 0 Å². The standard InChI is InChI=1S/C13H27N/c1-13(2,3)14-11-7-6-10-12-8-4-5-9-12/h12,14H,4-11H2,1-3H3. The summed E-state index contributed by atoms with van der Waals surface area (Å²) in [6.07, 6.45) is 10.3. The summed E-state index contributed by atoms with van der Waals surface area (Å²) in [7, 11) is 0. The van der Waals surface area contributed by atoms with Gasteiger partial charge in [0.05, 0.1) is 0 Å². The largest absolute Gasteiger partial charge is 0.312 e. The normalized spacial score (nSPS) is 19.1. The minimum absolute atomic E-state index is 0.299. The van der Waals surface area contributed by atoms with Crippen LogP contribution in [0.5, 0.6) is 0 Å². The second kappa shape index (κ2) is 5.75. The third-order valence-corrected chi connectivity index (χ3v) is 3.17. The molecule has 1 nitrogen and oxygen atoms in total. The van der Waals surface area contributed by atoms with Gasteiger partial charge in [0.15, 0.2) is 0 Å². The summed E-state index contributed by atoms with van der Waals surface area (Å²) in [4.78, 5) is 0. The van der Waals surface area contributed by atoms with E-state index in [2.05, 4.69) is 26.1 Å². The zero-order valence-electron chi connectivity index (χ0n) is 10.2. The van der Waals surface area contributed by atoms with Gasteiger partial charge in [-0.25, -0.2) is 0 Å². The van der Waals surface area contributed by atoms with Crippen LogP contribution in [0.2, 0.25) is 0 Å². The molecule has 0 saturated heterocycles. The Balaban J connectivity index is 1.89. The van der Waals surface area contributed by atoms with Crippen molar-refractivity contribution in [2.45, 2.75) is 71.3 Å². The average Bonchev–Trinajstić information content (AvgIpc) is 2.54. The lowest BCUT2D eigenvalue weighted by Gasteiger charge is -2.20. The molecule has 0 aliphatic heterocycles. The van der Waals surface area contributed by atoms with Crippen LogP contribution in [0, 0.1) is 5.92 Å². The van der Waals surface area contributed by atoms with Crippen LogP contribution in [0.25, 0.3) is 0 Å². The van der Waals surface area contributed by atoms with E-state index in [1.54, 1.807) is 0 Å². The highest BCUT2D eigenvalue weighted by atomic mass is 14.9. The van der Waals surface area contributed by atoms with Crippen LogP contribution < -0.4 is 5.32 Å². The van der Waals surface area contributed by atoms with E-state index in [1.165, 1.54) is 51.5 Å². The van der Waals surface area contributed by atoms with Crippen molar-refractivity contribution < 1.29 is 0 Å². The molecule has 0 aromatic heterocycles. The molecule has 1 rings (SSSR count). The van der Waals surface area contributed by atoms with Gasteiger partial charge in [0.1, 0.15) is 0 Å². The quantitative estimate of drug-likeness (QED) is 0.662. The average molecular weight is 197 g/mol. The molecule has 0 unspecified atom stereocenters. The van der Waals surface area contributed by atoms with E-state index in [0.717, 1.165) is 5.92 Å². The van der Waals surface area contributed by atoms with Crippen molar-refractivity contribution in [1.82, 2.24) is 5.32 Å². The molecule has 14 heavy (non-hydrogen) atoms. The topological polar surface area (TPSA) is 12.0 Å². The second-order valence-corrected chi connectivity index (χ2v) is 5.82. The van der Waals surface area contributed by atoms with Gasteiger partial charge in [-0.15, -0.1) is 0 Å². The fourth-order valence-corrected chi connectivity index (χ4v) is 2.32. The molecule has 0 radical (unpaired) electrons. The molecular weight excluding hydrogens is 170 g/mol. The van der Waals surface area contributed by atoms with Gasteiger partial charge in [-0.3, -0.25) is 0 Å². The Kier molecular flexibility index (Phi) is 4.94. The summed E-state index contributed by atoms with van der Waals surface area (Å²) in [5.41, 5.74) is 0.299. The Morgan fingerprint density at radius 3 is 2.29 bits per heavy atom. The van der Waals surface area contributed by atoms with E-state index in [0.29, 0.717) is 5.54 Å². The number of rotatable bonds is 5. The van der Waals surface area contributed by atoms with Crippen LogP contribution in [0.4, 0.5) is 0 Å². The molecule has 1 N–H and O–H groups in total. The minimum atomic E-state index is 0.299. The highest BCUT2D eigenvalue weighted by Crippen LogP contribution is 2.28. The molecule has 1 aliphatic rings. The Morgan fingerprint density at radius 2 is 1.71 bits per heavy atom. The Hall–Kier alpha value is -0.0400. The summed E-state index contributed by atoms with van der Waals surface area (Å²) in [5.74, 6) is 1.07. The van der Waals surface area contributed by atoms with E-state index in [-0.39, 0.29) is 0 Å². The highest BCUT2D eigenvalue weighted by molar-refractivity contribution is 4.71. The first-order valence-electron chi connectivity index (χ1n) is 6.33. The number of unbranched alkanes of at least 4 members (excludes halogenated alkanes) is 1. The second-order valence-electron chi connectivity index (χ2n) is 5.82. The van der Waals surface area contributed by atoms with Crippen molar-refractivity contribution in [3.05, 3.63) is 0 Å². The lowest BCUT2D eigenvalue weighted by atomic mass is 10.0. The van der Waals surface area contributed by atoms with Gasteiger partial charge in [0.2, 0.25) is 0 Å². The first-order chi connectivity index (χ1) is 6.58. The Bertz CT molecular complexity index is 140. The van der Waals surface area contributed by atoms with Crippen molar-refractivity contribution in [1.29, 1.82) is 0 Å². The molecule has 1 saturated carbocycles. The molecule has 0 bridgehead atoms. The van der Waals surface area contributed by atoms with E-state index in [1.807, 2.05) is 0 Å². The van der Waals surface area contributed by atoms with Crippen LogP contribution >= 0.6 is 0 Å². The van der Waals surface area contributed by atoms with Gasteiger partial charge in [0.25, 0.3) is 0 Å². The van der Waals surface area contributed by atoms with Gasteiger partial charge in [-0.1, -0.05) is 38.5 Å². The Morgan fingerprint density at radius 1 is 1.07 bits per heavy atom.